The van der Waals surface area contributed by atoms with Crippen LogP contribution in [0.1, 0.15) is 88.1 Å². The summed E-state index contributed by atoms with van der Waals surface area (Å²) in [5.74, 6) is -7.28. The maximum absolute atomic E-state index is 10.7. The molecule has 29 heteroatoms. The normalized spacial score (nSPS) is 11.6. The number of aliphatic carboxylic acids is 8. The van der Waals surface area contributed by atoms with Crippen molar-refractivity contribution in [3.8, 4) is 0 Å². The van der Waals surface area contributed by atoms with Gasteiger partial charge in [0.15, 0.2) is 5.04 Å². The van der Waals surface area contributed by atoms with Crippen LogP contribution in [0, 0.1) is 11.8 Å². The predicted octanol–water partition coefficient (Wildman–Crippen LogP) is 10.1. The number of aromatic carboxylic acids is 1. The molecule has 532 valence electrons. The van der Waals surface area contributed by atoms with E-state index in [0.29, 0.717) is 42.9 Å². The molecule has 0 amide bonds. The number of carbonyl (C=O) groups is 9. The van der Waals surface area contributed by atoms with Gasteiger partial charge >= 0.3 is 53.7 Å². The van der Waals surface area contributed by atoms with Crippen LogP contribution >= 0.6 is 11.8 Å². The molecule has 28 nitrogen and oxygen atoms in total. The van der Waals surface area contributed by atoms with E-state index >= 15 is 0 Å². The molecule has 3 heterocycles. The van der Waals surface area contributed by atoms with Gasteiger partial charge in [-0.1, -0.05) is 185 Å². The van der Waals surface area contributed by atoms with Gasteiger partial charge in [-0.3, -0.25) is 49.1 Å². The summed E-state index contributed by atoms with van der Waals surface area (Å²) >= 11 is 1.30. The maximum atomic E-state index is 10.7. The third-order valence-corrected chi connectivity index (χ3v) is 12.0. The fourth-order valence-corrected chi connectivity index (χ4v) is 7.60. The van der Waals surface area contributed by atoms with E-state index in [4.69, 9.17) is 46.0 Å². The van der Waals surface area contributed by atoms with E-state index in [9.17, 15) is 43.2 Å². The number of carboxylic acid groups (broad SMARTS) is 9. The van der Waals surface area contributed by atoms with Gasteiger partial charge in [-0.2, -0.15) is 0 Å². The van der Waals surface area contributed by atoms with Crippen LogP contribution in [-0.4, -0.2) is 209 Å². The minimum Gasteiger partial charge on any atom is -0.480 e. The first-order valence-corrected chi connectivity index (χ1v) is 31.0. The summed E-state index contributed by atoms with van der Waals surface area (Å²) in [6.07, 6.45) is 4.78. The number of hydrogen-bond acceptors (Lipinski definition) is 20. The quantitative estimate of drug-likeness (QED) is 0.0321. The summed E-state index contributed by atoms with van der Waals surface area (Å²) in [7, 11) is 0. The van der Waals surface area contributed by atoms with Crippen molar-refractivity contribution in [2.24, 2.45) is 51.8 Å². The smallest absolute Gasteiger partial charge is 0.391 e. The molecule has 0 saturated heterocycles. The fraction of sp³-hybridized carbons (Fsp3) is 0.268. The predicted molar refractivity (Wildman–Crippen MR) is 386 cm³/mol. The Labute approximate surface area is 582 Å². The number of benzene rings is 5. The molecule has 0 aliphatic carbocycles. The maximum Gasteiger partial charge on any atom is 0.391 e. The number of nitrogens with zero attached hydrogens (tertiary/aromatic N) is 9. The third-order valence-electron chi connectivity index (χ3n) is 11.0. The molecule has 5 aromatic carbocycles. The second-order valence-electron chi connectivity index (χ2n) is 21.1. The van der Waals surface area contributed by atoms with Crippen LogP contribution in [0.3, 0.4) is 0 Å². The number of para-hydroxylation sites is 1. The molecule has 2 aliphatic rings. The summed E-state index contributed by atoms with van der Waals surface area (Å²) in [5, 5.41) is 75.2. The van der Waals surface area contributed by atoms with Crippen molar-refractivity contribution >= 4 is 118 Å². The van der Waals surface area contributed by atoms with E-state index in [-0.39, 0.29) is 48.4 Å². The van der Waals surface area contributed by atoms with Crippen molar-refractivity contribution in [1.29, 1.82) is 0 Å². The van der Waals surface area contributed by atoms with Crippen molar-refractivity contribution in [2.75, 3.05) is 51.6 Å². The number of aromatic nitrogens is 1. The molecule has 1 aromatic heterocycles. The zero-order chi connectivity index (χ0) is 75.3. The SMILES string of the molecule is CC(=NCC(=O)O)c1ccccc1.CC(C)(C)N=CC(=O)O.CC(C)C(=NCC(=O)O)C(C)C.O=C(O)C1=NCCO1.O=C(O)C1=NCCS1.O=C(O)C=Nc1ccccc1.O=C(O)CN=C(c1ccccc1)c1ccccc1.O=C(O)CN=Cc1ccccc1.O=C(O)c1ccccn1. The van der Waals surface area contributed by atoms with Gasteiger partial charge in [0, 0.05) is 47.3 Å². The third kappa shape index (κ3) is 47.8. The summed E-state index contributed by atoms with van der Waals surface area (Å²) < 4.78 is 4.56. The van der Waals surface area contributed by atoms with Crippen LogP contribution in [0.25, 0.3) is 0 Å². The minimum absolute atomic E-state index is 0.0810. The summed E-state index contributed by atoms with van der Waals surface area (Å²) in [4.78, 5) is 125. The summed E-state index contributed by atoms with van der Waals surface area (Å²) in [6, 6.07) is 51.8. The number of carboxylic acids is 9. The second kappa shape index (κ2) is 52.2. The van der Waals surface area contributed by atoms with Crippen molar-refractivity contribution in [3.63, 3.8) is 0 Å². The minimum atomic E-state index is -1.08. The lowest BCUT2D eigenvalue weighted by Crippen LogP contribution is -2.17. The highest BCUT2D eigenvalue weighted by Gasteiger charge is 2.15. The molecule has 0 fully saturated rings. The van der Waals surface area contributed by atoms with Gasteiger partial charge in [-0.15, -0.1) is 0 Å². The van der Waals surface area contributed by atoms with Crippen LogP contribution in [0.15, 0.2) is 216 Å². The number of pyridine rings is 1. The van der Waals surface area contributed by atoms with E-state index in [1.807, 2.05) is 176 Å². The van der Waals surface area contributed by atoms with Gasteiger partial charge in [0.05, 0.1) is 23.5 Å². The molecule has 0 saturated carbocycles. The van der Waals surface area contributed by atoms with Gasteiger partial charge in [0.25, 0.3) is 5.90 Å². The van der Waals surface area contributed by atoms with Gasteiger partial charge < -0.3 is 50.7 Å². The van der Waals surface area contributed by atoms with Crippen molar-refractivity contribution in [1.82, 2.24) is 4.98 Å². The van der Waals surface area contributed by atoms with Crippen LogP contribution in [0.5, 0.6) is 0 Å². The molecule has 0 atom stereocenters. The highest BCUT2D eigenvalue weighted by atomic mass is 32.2. The zero-order valence-electron chi connectivity index (χ0n) is 56.3. The molecule has 0 spiro atoms. The van der Waals surface area contributed by atoms with Crippen LogP contribution in [0.2, 0.25) is 0 Å². The number of thioether (sulfide) groups is 1. The largest absolute Gasteiger partial charge is 0.480 e. The Balaban J connectivity index is 0.00000112. The second-order valence-corrected chi connectivity index (χ2v) is 22.2. The van der Waals surface area contributed by atoms with Crippen molar-refractivity contribution in [3.05, 3.63) is 204 Å². The van der Waals surface area contributed by atoms with Gasteiger partial charge in [-0.25, -0.2) is 38.9 Å². The average molecular weight is 1400 g/mol. The first kappa shape index (κ1) is 88.0. The lowest BCUT2D eigenvalue weighted by molar-refractivity contribution is -0.136. The highest BCUT2D eigenvalue weighted by Crippen LogP contribution is 2.13. The molecular weight excluding hydrogens is 1310 g/mol. The average Bonchev–Trinajstić information content (AvgIpc) is 1.04. The monoisotopic (exact) mass is 1400 g/mol. The molecule has 0 bridgehead atoms. The molecule has 9 N–H and O–H groups in total. The molecule has 6 aromatic rings. The van der Waals surface area contributed by atoms with Gasteiger partial charge in [-0.05, 0) is 74.9 Å². The van der Waals surface area contributed by atoms with Crippen molar-refractivity contribution in [2.45, 2.75) is 60.9 Å². The molecule has 100 heavy (non-hydrogen) atoms. The van der Waals surface area contributed by atoms with E-state index < -0.39 is 53.7 Å². The van der Waals surface area contributed by atoms with Crippen molar-refractivity contribution < 1.29 is 93.8 Å². The summed E-state index contributed by atoms with van der Waals surface area (Å²) in [6.45, 7) is 16.3. The lowest BCUT2D eigenvalue weighted by atomic mass is 9.97. The number of hydrogen-bond donors (Lipinski definition) is 9. The Morgan fingerprint density at radius 1 is 0.510 bits per heavy atom. The Kier molecular flexibility index (Phi) is 45.9. The first-order chi connectivity index (χ1) is 47.3. The standard InChI is InChI=1S/C15H13NO2.C10H11NO2.C9H9NO2.C9H17NO2.C8H7NO2.C6H5NO2.C6H11NO2.C4H5NO3.C4H5NO2S/c17-14(18)11-16-15(12-7-3-1-4-8-12)13-9-5-2-6-10-13;1-8(11-7-10(12)13)9-5-3-2-4-6-9;11-9(12)7-10-6-8-4-2-1-3-5-8;1-6(2)9(7(3)4)10-5-8(11)12;10-8(11)6-9-7-4-2-1-3-5-7;8-6(9)5-3-1-2-4-7-5;1-6(2,3)7-4-5(8)9;2*6-4(7)3-5-1-2-8-3/h1-10H,11H2,(H,17,18);2-6H,7H2,1H3,(H,12,13);1-6H,7H2,(H,11,12);6-7H,5H2,1-4H3,(H,11,12);1-6H,(H,10,11);1-4H,(H,8,9);4H,1-3H3,(H,8,9);2*1-2H2,(H,6,7). The molecular formula is C71H83N9O19S. The lowest BCUT2D eigenvalue weighted by Gasteiger charge is -2.12. The first-order valence-electron chi connectivity index (χ1n) is 30.1. The van der Waals surface area contributed by atoms with Gasteiger partial charge in [0.2, 0.25) is 0 Å². The van der Waals surface area contributed by atoms with Crippen LogP contribution in [-0.2, 0) is 43.1 Å². The number of ether oxygens (including phenoxy) is 1. The van der Waals surface area contributed by atoms with Crippen LogP contribution < -0.4 is 0 Å². The van der Waals surface area contributed by atoms with E-state index in [1.165, 1.54) is 24.0 Å². The van der Waals surface area contributed by atoms with Gasteiger partial charge in [0.1, 0.15) is 50.9 Å². The van der Waals surface area contributed by atoms with E-state index in [0.717, 1.165) is 51.9 Å². The zero-order valence-corrected chi connectivity index (χ0v) is 57.1. The fourth-order valence-electron chi connectivity index (χ4n) is 6.91. The Bertz CT molecular complexity index is 3630. The Morgan fingerprint density at radius 2 is 0.960 bits per heavy atom. The summed E-state index contributed by atoms with van der Waals surface area (Å²) in [5.41, 5.74) is 6.61. The topological polar surface area (TPSA) is 457 Å². The Hall–Kier alpha value is -12.0. The number of rotatable bonds is 20. The molecule has 8 rings (SSSR count). The molecule has 2 aliphatic heterocycles. The Morgan fingerprint density at radius 3 is 1.30 bits per heavy atom. The van der Waals surface area contributed by atoms with E-state index in [1.54, 1.807) is 49.5 Å². The van der Waals surface area contributed by atoms with E-state index in [2.05, 4.69) is 49.7 Å². The van der Waals surface area contributed by atoms with Crippen LogP contribution in [0.4, 0.5) is 5.69 Å². The highest BCUT2D eigenvalue weighted by molar-refractivity contribution is 8.16. The molecule has 0 radical (unpaired) electrons. The molecule has 0 unspecified atom stereocenters. The number of aliphatic imine (C=N–C) groups is 8.